The molecule has 0 heterocycles. The fourth-order valence-corrected chi connectivity index (χ4v) is 1.33. The summed E-state index contributed by atoms with van der Waals surface area (Å²) in [6.45, 7) is 1.27. The Morgan fingerprint density at radius 1 is 1.35 bits per heavy atom. The van der Waals surface area contributed by atoms with E-state index in [1.54, 1.807) is 31.4 Å². The number of ether oxygens (including phenoxy) is 2. The van der Waals surface area contributed by atoms with Gasteiger partial charge >= 0.3 is 5.97 Å². The largest absolute Gasteiger partial charge is 0.497 e. The minimum Gasteiger partial charge on any atom is -0.497 e. The highest BCUT2D eigenvalue weighted by atomic mass is 16.6. The van der Waals surface area contributed by atoms with Crippen molar-refractivity contribution < 1.29 is 14.3 Å². The van der Waals surface area contributed by atoms with Gasteiger partial charge in [-0.3, -0.25) is 4.79 Å². The number of rotatable bonds is 5. The third kappa shape index (κ3) is 3.44. The van der Waals surface area contributed by atoms with Crippen LogP contribution >= 0.6 is 0 Å². The lowest BCUT2D eigenvalue weighted by Crippen LogP contribution is -2.23. The smallest absolute Gasteiger partial charge is 0.304 e. The quantitative estimate of drug-likeness (QED) is 0.339. The summed E-state index contributed by atoms with van der Waals surface area (Å²) in [5, 5.41) is 3.77. The average molecular weight is 238 g/mol. The first kappa shape index (κ1) is 13.0. The van der Waals surface area contributed by atoms with Gasteiger partial charge in [-0.05, 0) is 24.3 Å². The third-order valence-electron chi connectivity index (χ3n) is 2.15. The van der Waals surface area contributed by atoms with Crippen LogP contribution in [0.1, 0.15) is 18.7 Å². The number of carbonyl (C=O) groups is 1. The molecular weight excluding hydrogens is 224 g/mol. The number of hydrogen-bond acceptors (Lipinski definition) is 5. The molecule has 1 unspecified atom stereocenters. The van der Waals surface area contributed by atoms with E-state index in [9.17, 15) is 9.70 Å². The lowest BCUT2D eigenvalue weighted by atomic mass is 10.2. The van der Waals surface area contributed by atoms with Gasteiger partial charge in [0.1, 0.15) is 5.75 Å². The van der Waals surface area contributed by atoms with Gasteiger partial charge in [0.05, 0.1) is 12.4 Å². The molecule has 0 aliphatic rings. The molecule has 1 aromatic carbocycles. The molecule has 1 aromatic rings. The maximum absolute atomic E-state index is 11.0. The van der Waals surface area contributed by atoms with Gasteiger partial charge in [-0.2, -0.15) is 0 Å². The second kappa shape index (κ2) is 5.83. The zero-order valence-electron chi connectivity index (χ0n) is 9.91. The van der Waals surface area contributed by atoms with Crippen molar-refractivity contribution in [3.63, 3.8) is 0 Å². The predicted octanol–water partition coefficient (Wildman–Crippen LogP) is 1.87. The number of nitrogens with zero attached hydrogens (tertiary/aromatic N) is 2. The molecule has 1 rings (SSSR count). The molecule has 0 aliphatic heterocycles. The molecule has 6 nitrogen and oxygen atoms in total. The molecule has 0 aliphatic carbocycles. The van der Waals surface area contributed by atoms with Crippen molar-refractivity contribution in [1.82, 2.24) is 5.01 Å². The highest BCUT2D eigenvalue weighted by Gasteiger charge is 2.19. The van der Waals surface area contributed by atoms with Crippen LogP contribution in [-0.2, 0) is 9.53 Å². The summed E-state index contributed by atoms with van der Waals surface area (Å²) < 4.78 is 10.0. The Labute approximate surface area is 99.1 Å². The standard InChI is InChI=1S/C11H14N2O4/c1-8(14)17-11(13(2)12-15)9-4-6-10(16-3)7-5-9/h4-7,11H,1-3H3. The molecule has 0 N–H and O–H groups in total. The lowest BCUT2D eigenvalue weighted by molar-refractivity contribution is -0.156. The first-order valence-corrected chi connectivity index (χ1v) is 4.95. The normalized spacial score (nSPS) is 11.5. The molecular formula is C11H14N2O4. The number of methoxy groups -OCH3 is 1. The Kier molecular flexibility index (Phi) is 4.45. The van der Waals surface area contributed by atoms with Crippen molar-refractivity contribution >= 4 is 5.97 Å². The van der Waals surface area contributed by atoms with Crippen molar-refractivity contribution in [3.8, 4) is 5.75 Å². The van der Waals surface area contributed by atoms with Crippen molar-refractivity contribution in [3.05, 3.63) is 34.7 Å². The maximum atomic E-state index is 11.0. The summed E-state index contributed by atoms with van der Waals surface area (Å²) in [7, 11) is 2.99. The Balaban J connectivity index is 2.94. The van der Waals surface area contributed by atoms with Crippen LogP contribution in [0.15, 0.2) is 29.6 Å². The van der Waals surface area contributed by atoms with E-state index in [-0.39, 0.29) is 0 Å². The Hall–Kier alpha value is -2.11. The number of esters is 1. The van der Waals surface area contributed by atoms with Gasteiger partial charge in [-0.15, -0.1) is 4.91 Å². The summed E-state index contributed by atoms with van der Waals surface area (Å²) in [6, 6.07) is 6.83. The van der Waals surface area contributed by atoms with E-state index in [0.29, 0.717) is 11.3 Å². The summed E-state index contributed by atoms with van der Waals surface area (Å²) in [6.07, 6.45) is -0.823. The van der Waals surface area contributed by atoms with Gasteiger partial charge < -0.3 is 9.47 Å². The highest BCUT2D eigenvalue weighted by Crippen LogP contribution is 2.23. The number of hydrogen-bond donors (Lipinski definition) is 0. The predicted molar refractivity (Wildman–Crippen MR) is 61.1 cm³/mol. The molecule has 0 fully saturated rings. The molecule has 92 valence electrons. The van der Waals surface area contributed by atoms with E-state index in [2.05, 4.69) is 5.29 Å². The van der Waals surface area contributed by atoms with Crippen LogP contribution in [0.5, 0.6) is 5.75 Å². The van der Waals surface area contributed by atoms with Crippen molar-refractivity contribution in [2.24, 2.45) is 5.29 Å². The first-order chi connectivity index (χ1) is 8.08. The molecule has 0 spiro atoms. The van der Waals surface area contributed by atoms with Crippen LogP contribution in [0.2, 0.25) is 0 Å². The van der Waals surface area contributed by atoms with E-state index in [0.717, 1.165) is 5.01 Å². The first-order valence-electron chi connectivity index (χ1n) is 4.95. The average Bonchev–Trinajstić information content (AvgIpc) is 2.35. The van der Waals surface area contributed by atoms with Crippen molar-refractivity contribution in [2.45, 2.75) is 13.2 Å². The molecule has 0 saturated heterocycles. The minimum atomic E-state index is -0.823. The van der Waals surface area contributed by atoms with Crippen LogP contribution in [0.3, 0.4) is 0 Å². The summed E-state index contributed by atoms with van der Waals surface area (Å²) in [5.74, 6) is 0.193. The van der Waals surface area contributed by atoms with E-state index >= 15 is 0 Å². The van der Waals surface area contributed by atoms with Crippen LogP contribution in [0.4, 0.5) is 0 Å². The Morgan fingerprint density at radius 3 is 2.35 bits per heavy atom. The van der Waals surface area contributed by atoms with Crippen molar-refractivity contribution in [1.29, 1.82) is 0 Å². The number of benzene rings is 1. The highest BCUT2D eigenvalue weighted by molar-refractivity contribution is 5.66. The van der Waals surface area contributed by atoms with Gasteiger partial charge in [-0.25, -0.2) is 5.01 Å². The molecule has 0 saturated carbocycles. The second-order valence-corrected chi connectivity index (χ2v) is 3.39. The Morgan fingerprint density at radius 2 is 1.94 bits per heavy atom. The van der Waals surface area contributed by atoms with E-state index in [4.69, 9.17) is 9.47 Å². The van der Waals surface area contributed by atoms with Crippen molar-refractivity contribution in [2.75, 3.05) is 14.2 Å². The molecule has 0 aromatic heterocycles. The summed E-state index contributed by atoms with van der Waals surface area (Å²) in [5.41, 5.74) is 0.642. The van der Waals surface area contributed by atoms with Gasteiger partial charge in [0, 0.05) is 19.5 Å². The molecule has 0 radical (unpaired) electrons. The lowest BCUT2D eigenvalue weighted by Gasteiger charge is -2.22. The van der Waals surface area contributed by atoms with Crippen LogP contribution in [0.25, 0.3) is 0 Å². The monoisotopic (exact) mass is 238 g/mol. The third-order valence-corrected chi connectivity index (χ3v) is 2.15. The molecule has 1 atom stereocenters. The topological polar surface area (TPSA) is 68.2 Å². The van der Waals surface area contributed by atoms with Gasteiger partial charge in [0.25, 0.3) is 0 Å². The number of nitroso groups, excluding NO2 is 1. The molecule has 17 heavy (non-hydrogen) atoms. The van der Waals surface area contributed by atoms with Crippen LogP contribution in [-0.4, -0.2) is 25.1 Å². The molecule has 0 amide bonds. The number of carbonyl (C=O) groups excluding carboxylic acids is 1. The summed E-state index contributed by atoms with van der Waals surface area (Å²) in [4.78, 5) is 21.4. The minimum absolute atomic E-state index is 0.485. The van der Waals surface area contributed by atoms with Crippen LogP contribution in [0, 0.1) is 4.91 Å². The Bertz CT molecular complexity index is 391. The van der Waals surface area contributed by atoms with E-state index in [1.165, 1.54) is 14.0 Å². The zero-order valence-corrected chi connectivity index (χ0v) is 9.91. The fourth-order valence-electron chi connectivity index (χ4n) is 1.33. The zero-order chi connectivity index (χ0) is 12.8. The van der Waals surface area contributed by atoms with Gasteiger partial charge in [-0.1, -0.05) is 0 Å². The molecule has 6 heteroatoms. The fraction of sp³-hybridized carbons (Fsp3) is 0.364. The van der Waals surface area contributed by atoms with E-state index < -0.39 is 12.2 Å². The second-order valence-electron chi connectivity index (χ2n) is 3.39. The van der Waals surface area contributed by atoms with Crippen LogP contribution < -0.4 is 4.74 Å². The van der Waals surface area contributed by atoms with Gasteiger partial charge in [0.15, 0.2) is 0 Å². The molecule has 0 bridgehead atoms. The van der Waals surface area contributed by atoms with Gasteiger partial charge in [0.2, 0.25) is 6.23 Å². The maximum Gasteiger partial charge on any atom is 0.304 e. The summed E-state index contributed by atoms with van der Waals surface area (Å²) >= 11 is 0. The SMILES string of the molecule is COc1ccc(C(OC(C)=O)N(C)N=O)cc1. The van der Waals surface area contributed by atoms with E-state index in [1.807, 2.05) is 0 Å².